The lowest BCUT2D eigenvalue weighted by atomic mass is 10.2. The summed E-state index contributed by atoms with van der Waals surface area (Å²) in [6.45, 7) is 1.67. The van der Waals surface area contributed by atoms with Gasteiger partial charge in [0.15, 0.2) is 11.0 Å². The highest BCUT2D eigenvalue weighted by Gasteiger charge is 2.23. The molecule has 2 aromatic heterocycles. The molecule has 0 aliphatic rings. The number of anilines is 1. The predicted octanol–water partition coefficient (Wildman–Crippen LogP) is 4.50. The third-order valence-corrected chi connectivity index (χ3v) is 6.00. The van der Waals surface area contributed by atoms with Gasteiger partial charge in [-0.05, 0) is 49.4 Å². The summed E-state index contributed by atoms with van der Waals surface area (Å²) in [6.07, 6.45) is 3.24. The van der Waals surface area contributed by atoms with Crippen LogP contribution in [0, 0.1) is 15.9 Å². The first-order chi connectivity index (χ1) is 16.9. The van der Waals surface area contributed by atoms with E-state index in [0.29, 0.717) is 16.7 Å². The molecule has 2 aromatic carbocycles. The van der Waals surface area contributed by atoms with Gasteiger partial charge in [0.05, 0.1) is 23.0 Å². The summed E-state index contributed by atoms with van der Waals surface area (Å²) in [4.78, 5) is 27.6. The molecular formula is C23H19FN6O4S. The van der Waals surface area contributed by atoms with Gasteiger partial charge in [0.25, 0.3) is 5.69 Å². The molecule has 0 aliphatic heterocycles. The Labute approximate surface area is 203 Å². The van der Waals surface area contributed by atoms with E-state index in [9.17, 15) is 19.3 Å². The Balaban J connectivity index is 1.63. The van der Waals surface area contributed by atoms with Gasteiger partial charge in [0.2, 0.25) is 5.91 Å². The Morgan fingerprint density at radius 3 is 2.51 bits per heavy atom. The van der Waals surface area contributed by atoms with E-state index >= 15 is 0 Å². The average molecular weight is 495 g/mol. The maximum Gasteiger partial charge on any atom is 0.271 e. The van der Waals surface area contributed by atoms with E-state index in [-0.39, 0.29) is 22.9 Å². The minimum Gasteiger partial charge on any atom is -0.495 e. The summed E-state index contributed by atoms with van der Waals surface area (Å²) in [5, 5.41) is 22.1. The number of pyridine rings is 1. The van der Waals surface area contributed by atoms with Crippen molar-refractivity contribution in [3.8, 4) is 22.8 Å². The van der Waals surface area contributed by atoms with E-state index in [2.05, 4.69) is 20.5 Å². The van der Waals surface area contributed by atoms with Gasteiger partial charge in [-0.2, -0.15) is 0 Å². The van der Waals surface area contributed by atoms with E-state index in [1.165, 1.54) is 37.4 Å². The van der Waals surface area contributed by atoms with Gasteiger partial charge in [0, 0.05) is 35.8 Å². The number of aromatic nitrogens is 4. The predicted molar refractivity (Wildman–Crippen MR) is 128 cm³/mol. The number of benzene rings is 2. The summed E-state index contributed by atoms with van der Waals surface area (Å²) < 4.78 is 20.5. The lowest BCUT2D eigenvalue weighted by Crippen LogP contribution is -2.23. The van der Waals surface area contributed by atoms with E-state index < -0.39 is 16.1 Å². The molecule has 0 radical (unpaired) electrons. The van der Waals surface area contributed by atoms with Crippen LogP contribution in [0.3, 0.4) is 0 Å². The monoisotopic (exact) mass is 494 g/mol. The topological polar surface area (TPSA) is 125 Å². The molecular weight excluding hydrogens is 475 g/mol. The Bertz CT molecular complexity index is 1360. The molecule has 0 bridgehead atoms. The molecule has 0 fully saturated rings. The SMILES string of the molecule is COc1ccc([N+](=O)[O-])cc1NC(=O)[C@@H](C)Sc1nnc(-c2ccncc2)n1-c1ccc(F)cc1. The molecule has 0 spiro atoms. The molecule has 1 N–H and O–H groups in total. The Hall–Kier alpha value is -4.32. The first-order valence-electron chi connectivity index (χ1n) is 10.3. The van der Waals surface area contributed by atoms with Crippen LogP contribution in [0.15, 0.2) is 72.1 Å². The molecule has 2 heterocycles. The molecule has 0 aliphatic carbocycles. The standard InChI is InChI=1S/C23H19FN6O4S/c1-14(22(31)26-19-13-18(30(32)33)7-8-20(19)34-2)35-23-28-27-21(15-9-11-25-12-10-15)29(23)17-5-3-16(24)4-6-17/h3-14H,1-2H3,(H,26,31)/t14-/m1/s1. The zero-order chi connectivity index (χ0) is 24.9. The molecule has 12 heteroatoms. The number of carbonyl (C=O) groups excluding carboxylic acids is 1. The molecule has 178 valence electrons. The number of nitrogens with zero attached hydrogens (tertiary/aromatic N) is 5. The van der Waals surface area contributed by atoms with Crippen molar-refractivity contribution >= 4 is 29.0 Å². The van der Waals surface area contributed by atoms with Crippen LogP contribution >= 0.6 is 11.8 Å². The van der Waals surface area contributed by atoms with Crippen molar-refractivity contribution in [3.63, 3.8) is 0 Å². The minimum absolute atomic E-state index is 0.177. The smallest absolute Gasteiger partial charge is 0.271 e. The van der Waals surface area contributed by atoms with Crippen LogP contribution in [0.25, 0.3) is 17.1 Å². The second-order valence-electron chi connectivity index (χ2n) is 7.24. The number of ether oxygens (including phenoxy) is 1. The summed E-state index contributed by atoms with van der Waals surface area (Å²) >= 11 is 1.13. The molecule has 10 nitrogen and oxygen atoms in total. The quantitative estimate of drug-likeness (QED) is 0.216. The Morgan fingerprint density at radius 1 is 1.14 bits per heavy atom. The number of thioether (sulfide) groups is 1. The molecule has 0 saturated carbocycles. The second kappa shape index (κ2) is 10.3. The van der Waals surface area contributed by atoms with E-state index in [1.807, 2.05) is 0 Å². The number of halogens is 1. The van der Waals surface area contributed by atoms with Crippen LogP contribution in [0.5, 0.6) is 5.75 Å². The van der Waals surface area contributed by atoms with Gasteiger partial charge >= 0.3 is 0 Å². The highest BCUT2D eigenvalue weighted by atomic mass is 32.2. The van der Waals surface area contributed by atoms with Crippen molar-refractivity contribution in [1.82, 2.24) is 19.7 Å². The molecule has 1 amide bonds. The van der Waals surface area contributed by atoms with Crippen molar-refractivity contribution in [2.45, 2.75) is 17.3 Å². The van der Waals surface area contributed by atoms with E-state index in [1.54, 1.807) is 48.1 Å². The van der Waals surface area contributed by atoms with Crippen LogP contribution in [0.1, 0.15) is 6.92 Å². The van der Waals surface area contributed by atoms with Crippen molar-refractivity contribution in [2.75, 3.05) is 12.4 Å². The number of methoxy groups -OCH3 is 1. The maximum absolute atomic E-state index is 13.6. The lowest BCUT2D eigenvalue weighted by Gasteiger charge is -2.15. The first-order valence-corrected chi connectivity index (χ1v) is 11.2. The number of nitro groups is 1. The van der Waals surface area contributed by atoms with Gasteiger partial charge < -0.3 is 10.1 Å². The van der Waals surface area contributed by atoms with Gasteiger partial charge in [-0.25, -0.2) is 4.39 Å². The minimum atomic E-state index is -0.673. The molecule has 35 heavy (non-hydrogen) atoms. The summed E-state index contributed by atoms with van der Waals surface area (Å²) in [7, 11) is 1.40. The number of hydrogen-bond acceptors (Lipinski definition) is 8. The van der Waals surface area contributed by atoms with Gasteiger partial charge in [-0.3, -0.25) is 24.5 Å². The summed E-state index contributed by atoms with van der Waals surface area (Å²) in [5.41, 5.74) is 1.34. The third kappa shape index (κ3) is 5.27. The number of amides is 1. The van der Waals surface area contributed by atoms with Crippen molar-refractivity contribution in [2.24, 2.45) is 0 Å². The van der Waals surface area contributed by atoms with Crippen molar-refractivity contribution < 1.29 is 18.8 Å². The summed E-state index contributed by atoms with van der Waals surface area (Å²) in [6, 6.07) is 13.3. The van der Waals surface area contributed by atoms with E-state index in [4.69, 9.17) is 4.74 Å². The number of hydrogen-bond donors (Lipinski definition) is 1. The largest absolute Gasteiger partial charge is 0.495 e. The maximum atomic E-state index is 13.6. The van der Waals surface area contributed by atoms with Crippen LogP contribution in [0.2, 0.25) is 0 Å². The normalized spacial score (nSPS) is 11.6. The number of non-ortho nitro benzene ring substituents is 1. The van der Waals surface area contributed by atoms with Gasteiger partial charge in [-0.1, -0.05) is 11.8 Å². The lowest BCUT2D eigenvalue weighted by molar-refractivity contribution is -0.384. The third-order valence-electron chi connectivity index (χ3n) is 4.96. The van der Waals surface area contributed by atoms with E-state index in [0.717, 1.165) is 17.3 Å². The molecule has 0 unspecified atom stereocenters. The molecule has 0 saturated heterocycles. The second-order valence-corrected chi connectivity index (χ2v) is 8.55. The molecule has 1 atom stereocenters. The highest BCUT2D eigenvalue weighted by molar-refractivity contribution is 8.00. The Kier molecular flexibility index (Phi) is 7.01. The van der Waals surface area contributed by atoms with Gasteiger partial charge in [0.1, 0.15) is 11.6 Å². The number of rotatable bonds is 8. The zero-order valence-corrected chi connectivity index (χ0v) is 19.4. The zero-order valence-electron chi connectivity index (χ0n) is 18.6. The number of nitro benzene ring substituents is 1. The number of nitrogens with one attached hydrogen (secondary N) is 1. The molecule has 4 rings (SSSR count). The highest BCUT2D eigenvalue weighted by Crippen LogP contribution is 2.32. The van der Waals surface area contributed by atoms with Gasteiger partial charge in [-0.15, -0.1) is 10.2 Å². The fourth-order valence-electron chi connectivity index (χ4n) is 3.21. The summed E-state index contributed by atoms with van der Waals surface area (Å²) in [5.74, 6) is -0.0295. The van der Waals surface area contributed by atoms with Crippen LogP contribution in [-0.2, 0) is 4.79 Å². The number of carbonyl (C=O) groups is 1. The fraction of sp³-hybridized carbons (Fsp3) is 0.130. The average Bonchev–Trinajstić information content (AvgIpc) is 3.28. The van der Waals surface area contributed by atoms with Crippen molar-refractivity contribution in [1.29, 1.82) is 0 Å². The van der Waals surface area contributed by atoms with Crippen molar-refractivity contribution in [3.05, 3.63) is 82.9 Å². The molecule has 4 aromatic rings. The Morgan fingerprint density at radius 2 is 1.86 bits per heavy atom. The fourth-order valence-corrected chi connectivity index (χ4v) is 4.08. The van der Waals surface area contributed by atoms with Crippen LogP contribution in [-0.4, -0.2) is 42.9 Å². The van der Waals surface area contributed by atoms with Crippen LogP contribution < -0.4 is 10.1 Å². The van der Waals surface area contributed by atoms with Crippen LogP contribution in [0.4, 0.5) is 15.8 Å². The first kappa shape index (κ1) is 23.8.